The molecule has 2 aromatic rings. The molecule has 8 nitrogen and oxygen atoms in total. The van der Waals surface area contributed by atoms with Crippen LogP contribution in [0.15, 0.2) is 28.7 Å². The van der Waals surface area contributed by atoms with Gasteiger partial charge in [-0.05, 0) is 56.3 Å². The second-order valence-electron chi connectivity index (χ2n) is 9.20. The number of aromatic nitrogens is 1. The molecular weight excluding hydrogens is 442 g/mol. The van der Waals surface area contributed by atoms with Gasteiger partial charge in [0.05, 0.1) is 18.6 Å². The number of hydrogen-bond donors (Lipinski definition) is 1. The highest BCUT2D eigenvalue weighted by Gasteiger charge is 2.23. The van der Waals surface area contributed by atoms with E-state index < -0.39 is 21.5 Å². The molecule has 0 bridgehead atoms. The lowest BCUT2D eigenvalue weighted by Crippen LogP contribution is -2.40. The number of aryl methyl sites for hydroxylation is 1. The van der Waals surface area contributed by atoms with Gasteiger partial charge in [-0.25, -0.2) is 13.4 Å². The van der Waals surface area contributed by atoms with Crippen molar-refractivity contribution in [1.82, 2.24) is 15.2 Å². The fourth-order valence-corrected chi connectivity index (χ4v) is 5.74. The Hall–Kier alpha value is -2.39. The Kier molecular flexibility index (Phi) is 8.53. The summed E-state index contributed by atoms with van der Waals surface area (Å²) >= 11 is 0. The Balaban J connectivity index is 1.48. The van der Waals surface area contributed by atoms with Gasteiger partial charge in [0.15, 0.2) is 9.84 Å². The van der Waals surface area contributed by atoms with Crippen LogP contribution < -0.4 is 10.1 Å². The van der Waals surface area contributed by atoms with Gasteiger partial charge in [0.2, 0.25) is 11.8 Å². The molecule has 1 aromatic carbocycles. The molecule has 1 N–H and O–H groups in total. The van der Waals surface area contributed by atoms with Crippen molar-refractivity contribution < 1.29 is 22.4 Å². The molecule has 2 heterocycles. The number of carbonyl (C=O) groups is 1. The van der Waals surface area contributed by atoms with E-state index in [4.69, 9.17) is 9.15 Å². The second kappa shape index (κ2) is 11.2. The first-order chi connectivity index (χ1) is 15.6. The third-order valence-electron chi connectivity index (χ3n) is 5.83. The smallest absolute Gasteiger partial charge is 0.235 e. The largest absolute Gasteiger partial charge is 0.497 e. The summed E-state index contributed by atoms with van der Waals surface area (Å²) in [5, 5.41) is 2.74. The molecule has 2 unspecified atom stereocenters. The SMILES string of the molecule is COc1cccc(-c2nc(CS(=O)(=O)CC(=O)NCCCN3CC(C)CC(C)C3)c(C)o2)c1. The Morgan fingerprint density at radius 3 is 2.70 bits per heavy atom. The summed E-state index contributed by atoms with van der Waals surface area (Å²) in [6, 6.07) is 7.19. The molecule has 182 valence electrons. The van der Waals surface area contributed by atoms with Crippen molar-refractivity contribution in [3.63, 3.8) is 0 Å². The number of sulfone groups is 1. The molecule has 9 heteroatoms. The van der Waals surface area contributed by atoms with E-state index >= 15 is 0 Å². The molecule has 0 saturated carbocycles. The molecule has 1 aromatic heterocycles. The van der Waals surface area contributed by atoms with E-state index in [-0.39, 0.29) is 5.75 Å². The standard InChI is InChI=1S/C24H35N3O5S/c1-17-11-18(2)14-27(13-17)10-6-9-25-23(28)16-33(29,30)15-22-19(3)32-24(26-22)20-7-5-8-21(12-20)31-4/h5,7-8,12,17-18H,6,9-11,13-16H2,1-4H3,(H,25,28). The summed E-state index contributed by atoms with van der Waals surface area (Å²) in [5.41, 5.74) is 1.00. The fourth-order valence-electron chi connectivity index (χ4n) is 4.46. The van der Waals surface area contributed by atoms with Gasteiger partial charge in [0.1, 0.15) is 17.3 Å². The van der Waals surface area contributed by atoms with Crippen LogP contribution in [-0.4, -0.2) is 63.3 Å². The summed E-state index contributed by atoms with van der Waals surface area (Å²) in [6.07, 6.45) is 2.06. The summed E-state index contributed by atoms with van der Waals surface area (Å²) in [5.74, 6) is 1.39. The van der Waals surface area contributed by atoms with Gasteiger partial charge in [-0.3, -0.25) is 4.79 Å². The van der Waals surface area contributed by atoms with Gasteiger partial charge < -0.3 is 19.4 Å². The summed E-state index contributed by atoms with van der Waals surface area (Å²) in [7, 11) is -2.11. The van der Waals surface area contributed by atoms with Gasteiger partial charge in [-0.1, -0.05) is 19.9 Å². The average Bonchev–Trinajstić information content (AvgIpc) is 3.10. The van der Waals surface area contributed by atoms with Crippen molar-refractivity contribution in [2.24, 2.45) is 11.8 Å². The summed E-state index contributed by atoms with van der Waals surface area (Å²) < 4.78 is 36.1. The summed E-state index contributed by atoms with van der Waals surface area (Å²) in [6.45, 7) is 9.76. The predicted molar refractivity (Wildman–Crippen MR) is 128 cm³/mol. The number of nitrogens with one attached hydrogen (secondary N) is 1. The van der Waals surface area contributed by atoms with E-state index in [1.807, 2.05) is 6.07 Å². The van der Waals surface area contributed by atoms with Crippen molar-refractivity contribution in [2.75, 3.05) is 39.0 Å². The van der Waals surface area contributed by atoms with Crippen LogP contribution >= 0.6 is 0 Å². The van der Waals surface area contributed by atoms with Gasteiger partial charge in [-0.2, -0.15) is 0 Å². The second-order valence-corrected chi connectivity index (χ2v) is 11.3. The lowest BCUT2D eigenvalue weighted by Gasteiger charge is -2.34. The number of nitrogens with zero attached hydrogens (tertiary/aromatic N) is 2. The van der Waals surface area contributed by atoms with Crippen molar-refractivity contribution >= 4 is 15.7 Å². The topological polar surface area (TPSA) is 102 Å². The maximum absolute atomic E-state index is 12.6. The summed E-state index contributed by atoms with van der Waals surface area (Å²) in [4.78, 5) is 19.0. The van der Waals surface area contributed by atoms with Gasteiger partial charge in [-0.15, -0.1) is 0 Å². The van der Waals surface area contributed by atoms with Crippen LogP contribution in [0.3, 0.4) is 0 Å². The number of oxazole rings is 1. The molecular formula is C24H35N3O5S. The van der Waals surface area contributed by atoms with Gasteiger partial charge in [0.25, 0.3) is 0 Å². The Morgan fingerprint density at radius 2 is 2.00 bits per heavy atom. The predicted octanol–water partition coefficient (Wildman–Crippen LogP) is 3.06. The number of hydrogen-bond acceptors (Lipinski definition) is 7. The lowest BCUT2D eigenvalue weighted by molar-refractivity contribution is -0.118. The van der Waals surface area contributed by atoms with Crippen molar-refractivity contribution in [1.29, 1.82) is 0 Å². The van der Waals surface area contributed by atoms with Crippen molar-refractivity contribution in [3.8, 4) is 17.2 Å². The first-order valence-corrected chi connectivity index (χ1v) is 13.3. The zero-order valence-corrected chi connectivity index (χ0v) is 20.8. The van der Waals surface area contributed by atoms with E-state index in [1.54, 1.807) is 32.2 Å². The van der Waals surface area contributed by atoms with Gasteiger partial charge >= 0.3 is 0 Å². The van der Waals surface area contributed by atoms with Gasteiger partial charge in [0, 0.05) is 25.2 Å². The van der Waals surface area contributed by atoms with Crippen molar-refractivity contribution in [3.05, 3.63) is 35.7 Å². The minimum Gasteiger partial charge on any atom is -0.497 e. The van der Waals surface area contributed by atoms with Crippen LogP contribution in [0.4, 0.5) is 0 Å². The number of rotatable bonds is 10. The zero-order valence-electron chi connectivity index (χ0n) is 20.0. The molecule has 0 radical (unpaired) electrons. The minimum absolute atomic E-state index is 0.314. The Morgan fingerprint density at radius 1 is 1.27 bits per heavy atom. The Labute approximate surface area is 196 Å². The minimum atomic E-state index is -3.68. The van der Waals surface area contributed by atoms with E-state index in [2.05, 4.69) is 29.0 Å². The number of carbonyl (C=O) groups excluding carboxylic acids is 1. The Bertz CT molecular complexity index is 1040. The maximum Gasteiger partial charge on any atom is 0.235 e. The third-order valence-corrected chi connectivity index (χ3v) is 7.25. The van der Waals surface area contributed by atoms with E-state index in [0.29, 0.717) is 47.0 Å². The van der Waals surface area contributed by atoms with E-state index in [1.165, 1.54) is 6.42 Å². The monoisotopic (exact) mass is 477 g/mol. The van der Waals surface area contributed by atoms with Crippen LogP contribution in [0, 0.1) is 18.8 Å². The number of methoxy groups -OCH3 is 1. The zero-order chi connectivity index (χ0) is 24.0. The third kappa shape index (κ3) is 7.57. The highest BCUT2D eigenvalue weighted by molar-refractivity contribution is 7.91. The highest BCUT2D eigenvalue weighted by Crippen LogP contribution is 2.26. The number of benzene rings is 1. The highest BCUT2D eigenvalue weighted by atomic mass is 32.2. The molecule has 0 aliphatic carbocycles. The molecule has 1 saturated heterocycles. The number of ether oxygens (including phenoxy) is 1. The average molecular weight is 478 g/mol. The van der Waals surface area contributed by atoms with Crippen LogP contribution in [0.25, 0.3) is 11.5 Å². The van der Waals surface area contributed by atoms with Crippen molar-refractivity contribution in [2.45, 2.75) is 39.4 Å². The molecule has 1 aliphatic rings. The van der Waals surface area contributed by atoms with Crippen LogP contribution in [0.2, 0.25) is 0 Å². The number of piperidine rings is 1. The first-order valence-electron chi connectivity index (χ1n) is 11.5. The molecule has 3 rings (SSSR count). The molecule has 2 atom stereocenters. The number of amides is 1. The lowest BCUT2D eigenvalue weighted by atomic mass is 9.92. The quantitative estimate of drug-likeness (QED) is 0.525. The normalized spacial score (nSPS) is 19.4. The fraction of sp³-hybridized carbons (Fsp3) is 0.583. The van der Waals surface area contributed by atoms with Crippen LogP contribution in [-0.2, 0) is 20.4 Å². The molecule has 0 spiro atoms. The molecule has 33 heavy (non-hydrogen) atoms. The molecule has 1 amide bonds. The molecule has 1 aliphatic heterocycles. The van der Waals surface area contributed by atoms with E-state index in [0.717, 1.165) is 26.1 Å². The van der Waals surface area contributed by atoms with Crippen LogP contribution in [0.5, 0.6) is 5.75 Å². The van der Waals surface area contributed by atoms with E-state index in [9.17, 15) is 13.2 Å². The molecule has 1 fully saturated rings. The maximum atomic E-state index is 12.6. The first kappa shape index (κ1) is 25.2. The number of likely N-dealkylation sites (tertiary alicyclic amines) is 1. The van der Waals surface area contributed by atoms with Crippen LogP contribution in [0.1, 0.15) is 38.1 Å².